The highest BCUT2D eigenvalue weighted by molar-refractivity contribution is 9.11. The molecule has 0 fully saturated rings. The maximum absolute atomic E-state index is 14.9. The summed E-state index contributed by atoms with van der Waals surface area (Å²) >= 11 is 6.02. The van der Waals surface area contributed by atoms with Gasteiger partial charge in [-0.3, -0.25) is 9.59 Å². The second-order valence-corrected chi connectivity index (χ2v) is 10.2. The van der Waals surface area contributed by atoms with E-state index in [9.17, 15) is 53.5 Å². The Balaban J connectivity index is 2.43. The van der Waals surface area contributed by atoms with Crippen LogP contribution in [0.4, 0.5) is 43.9 Å². The molecule has 2 aromatic carbocycles. The first-order valence-electron chi connectivity index (χ1n) is 10.7. The zero-order valence-electron chi connectivity index (χ0n) is 19.5. The standard InChI is InChI=1S/C24H17Br2F10NO2/c1-11(21(39)37-10-22(28,29)30)4-20(38)16-3-2-12(7-18(16)24(34,35)36)19(27)9-17(23(31,32)33)13-5-14(25)8-15(26)6-13/h2-3,5-9,11,17H,4,10H2,1H3,(H,37,39)/b19-9-/t11-,17?/m0/s1. The van der Waals surface area contributed by atoms with Crippen LogP contribution in [0.3, 0.4) is 0 Å². The quantitative estimate of drug-likeness (QED) is 0.221. The van der Waals surface area contributed by atoms with Gasteiger partial charge in [-0.05, 0) is 35.9 Å². The molecule has 2 atom stereocenters. The molecule has 1 amide bonds. The Kier molecular flexibility index (Phi) is 10.4. The summed E-state index contributed by atoms with van der Waals surface area (Å²) in [6.07, 6.45) is -15.9. The number of Topliss-reactive ketones (excluding diaryl/α,β-unsaturated/α-hetero) is 1. The fourth-order valence-corrected chi connectivity index (χ4v) is 4.72. The largest absolute Gasteiger partial charge is 0.417 e. The van der Waals surface area contributed by atoms with Crippen molar-refractivity contribution >= 4 is 49.4 Å². The predicted octanol–water partition coefficient (Wildman–Crippen LogP) is 8.77. The van der Waals surface area contributed by atoms with Gasteiger partial charge in [0.05, 0.1) is 5.56 Å². The third kappa shape index (κ3) is 9.62. The van der Waals surface area contributed by atoms with Crippen LogP contribution in [-0.2, 0) is 11.0 Å². The lowest BCUT2D eigenvalue weighted by molar-refractivity contribution is -0.140. The van der Waals surface area contributed by atoms with Crippen molar-refractivity contribution in [3.63, 3.8) is 0 Å². The van der Waals surface area contributed by atoms with E-state index in [1.165, 1.54) is 11.4 Å². The summed E-state index contributed by atoms with van der Waals surface area (Å²) in [6.45, 7) is -0.695. The number of allylic oxidation sites excluding steroid dienone is 1. The van der Waals surface area contributed by atoms with Crippen molar-refractivity contribution < 1.29 is 53.5 Å². The monoisotopic (exact) mass is 699 g/mol. The Morgan fingerprint density at radius 2 is 1.49 bits per heavy atom. The number of carbonyl (C=O) groups excluding carboxylic acids is 2. The lowest BCUT2D eigenvalue weighted by Gasteiger charge is -2.19. The molecule has 0 aliphatic heterocycles. The summed E-state index contributed by atoms with van der Waals surface area (Å²) in [6, 6.07) is 4.88. The fourth-order valence-electron chi connectivity index (χ4n) is 3.39. The second-order valence-electron chi connectivity index (χ2n) is 8.36. The van der Waals surface area contributed by atoms with Crippen molar-refractivity contribution in [2.24, 2.45) is 5.92 Å². The molecule has 0 spiro atoms. The van der Waals surface area contributed by atoms with E-state index in [0.717, 1.165) is 19.1 Å². The molecule has 1 N–H and O–H groups in total. The zero-order chi connectivity index (χ0) is 29.9. The van der Waals surface area contributed by atoms with Crippen LogP contribution in [0.25, 0.3) is 5.83 Å². The van der Waals surface area contributed by atoms with Crippen molar-refractivity contribution in [3.05, 3.63) is 73.7 Å². The molecule has 39 heavy (non-hydrogen) atoms. The van der Waals surface area contributed by atoms with Crippen molar-refractivity contribution in [3.8, 4) is 0 Å². The van der Waals surface area contributed by atoms with Crippen LogP contribution >= 0.6 is 31.9 Å². The van der Waals surface area contributed by atoms with Gasteiger partial charge in [0, 0.05) is 32.4 Å². The first-order valence-corrected chi connectivity index (χ1v) is 12.3. The van der Waals surface area contributed by atoms with Crippen LogP contribution in [0.1, 0.15) is 46.3 Å². The summed E-state index contributed by atoms with van der Waals surface area (Å²) in [7, 11) is 0. The smallest absolute Gasteiger partial charge is 0.347 e. The molecule has 0 radical (unpaired) electrons. The first kappa shape index (κ1) is 32.8. The summed E-state index contributed by atoms with van der Waals surface area (Å²) in [5.41, 5.74) is -4.04. The highest BCUT2D eigenvalue weighted by Gasteiger charge is 2.41. The Bertz CT molecular complexity index is 1230. The van der Waals surface area contributed by atoms with E-state index < -0.39 is 83.1 Å². The molecule has 0 bridgehead atoms. The third-order valence-corrected chi connectivity index (χ3v) is 6.13. The van der Waals surface area contributed by atoms with Crippen molar-refractivity contribution in [2.45, 2.75) is 37.8 Å². The van der Waals surface area contributed by atoms with Crippen LogP contribution < -0.4 is 5.32 Å². The summed E-state index contributed by atoms with van der Waals surface area (Å²) in [4.78, 5) is 24.3. The van der Waals surface area contributed by atoms with Gasteiger partial charge in [-0.2, -0.15) is 39.5 Å². The average Bonchev–Trinajstić information content (AvgIpc) is 2.77. The number of halogens is 12. The van der Waals surface area contributed by atoms with Crippen LogP contribution in [0, 0.1) is 5.92 Å². The molecular weight excluding hydrogens is 684 g/mol. The van der Waals surface area contributed by atoms with E-state index in [2.05, 4.69) is 31.9 Å². The van der Waals surface area contributed by atoms with Gasteiger partial charge in [0.2, 0.25) is 5.91 Å². The molecule has 0 heterocycles. The number of alkyl halides is 9. The van der Waals surface area contributed by atoms with Crippen LogP contribution in [0.2, 0.25) is 0 Å². The topological polar surface area (TPSA) is 46.2 Å². The van der Waals surface area contributed by atoms with Gasteiger partial charge in [0.25, 0.3) is 0 Å². The van der Waals surface area contributed by atoms with E-state index >= 15 is 0 Å². The van der Waals surface area contributed by atoms with Gasteiger partial charge >= 0.3 is 18.5 Å². The highest BCUT2D eigenvalue weighted by atomic mass is 79.9. The summed E-state index contributed by atoms with van der Waals surface area (Å²) in [5, 5.41) is 1.51. The molecule has 0 aliphatic rings. The molecule has 0 aliphatic carbocycles. The molecule has 1 unspecified atom stereocenters. The van der Waals surface area contributed by atoms with Gasteiger partial charge in [0.1, 0.15) is 18.3 Å². The van der Waals surface area contributed by atoms with Crippen LogP contribution in [0.15, 0.2) is 51.4 Å². The first-order chi connectivity index (χ1) is 17.7. The highest BCUT2D eigenvalue weighted by Crippen LogP contribution is 2.41. The number of benzene rings is 2. The maximum Gasteiger partial charge on any atom is 0.417 e. The Hall–Kier alpha value is -2.42. The molecular formula is C24H17Br2F10NO2. The number of hydrogen-bond donors (Lipinski definition) is 1. The summed E-state index contributed by atoms with van der Waals surface area (Å²) < 4.78 is 135. The number of nitrogens with one attached hydrogen (secondary N) is 1. The van der Waals surface area contributed by atoms with E-state index in [1.54, 1.807) is 0 Å². The number of ketones is 1. The van der Waals surface area contributed by atoms with E-state index in [0.29, 0.717) is 12.1 Å². The van der Waals surface area contributed by atoms with Crippen molar-refractivity contribution in [1.29, 1.82) is 0 Å². The van der Waals surface area contributed by atoms with Crippen molar-refractivity contribution in [2.75, 3.05) is 6.54 Å². The van der Waals surface area contributed by atoms with Crippen molar-refractivity contribution in [1.82, 2.24) is 5.32 Å². The Morgan fingerprint density at radius 1 is 0.923 bits per heavy atom. The number of rotatable bonds is 8. The number of hydrogen-bond acceptors (Lipinski definition) is 2. The number of carbonyl (C=O) groups is 2. The van der Waals surface area contributed by atoms with Crippen LogP contribution in [-0.4, -0.2) is 30.6 Å². The van der Waals surface area contributed by atoms with Gasteiger partial charge in [-0.15, -0.1) is 0 Å². The normalized spacial score (nSPS) is 14.6. The lowest BCUT2D eigenvalue weighted by atomic mass is 9.92. The van der Waals surface area contributed by atoms with E-state index in [-0.39, 0.29) is 21.1 Å². The molecule has 2 aromatic rings. The number of amides is 1. The van der Waals surface area contributed by atoms with E-state index in [4.69, 9.17) is 0 Å². The molecule has 0 saturated carbocycles. The van der Waals surface area contributed by atoms with Gasteiger partial charge in [0.15, 0.2) is 5.78 Å². The lowest BCUT2D eigenvalue weighted by Crippen LogP contribution is -2.37. The van der Waals surface area contributed by atoms with E-state index in [1.807, 2.05) is 0 Å². The second kappa shape index (κ2) is 12.4. The average molecular weight is 701 g/mol. The molecule has 3 nitrogen and oxygen atoms in total. The molecule has 0 aromatic heterocycles. The minimum absolute atomic E-state index is 0.0955. The van der Waals surface area contributed by atoms with Crippen LogP contribution in [0.5, 0.6) is 0 Å². The predicted molar refractivity (Wildman–Crippen MR) is 128 cm³/mol. The zero-order valence-corrected chi connectivity index (χ0v) is 22.6. The summed E-state index contributed by atoms with van der Waals surface area (Å²) in [5.74, 6) is -8.18. The Labute approximate surface area is 231 Å². The maximum atomic E-state index is 14.9. The molecule has 2 rings (SSSR count). The molecule has 15 heteroatoms. The molecule has 0 saturated heterocycles. The minimum Gasteiger partial charge on any atom is -0.347 e. The van der Waals surface area contributed by atoms with Gasteiger partial charge in [-0.1, -0.05) is 50.9 Å². The SMILES string of the molecule is C[C@@H](CC(=O)c1ccc(/C(F)=C/C(c2cc(Br)cc(Br)c2)C(F)(F)F)cc1C(F)(F)F)C(=O)NCC(F)(F)F. The molecule has 214 valence electrons. The fraction of sp³-hybridized carbons (Fsp3) is 0.333. The van der Waals surface area contributed by atoms with Gasteiger partial charge in [-0.25, -0.2) is 4.39 Å². The minimum atomic E-state index is -5.26. The Morgan fingerprint density at radius 3 is 1.97 bits per heavy atom. The third-order valence-electron chi connectivity index (χ3n) is 5.21. The van der Waals surface area contributed by atoms with Gasteiger partial charge < -0.3 is 5.32 Å².